The molecule has 2 nitrogen and oxygen atoms in total. The number of nitrogens with one attached hydrogen (secondary N) is 1. The molecule has 0 aromatic rings. The normalized spacial score (nSPS) is 22.7. The van der Waals surface area contributed by atoms with Crippen molar-refractivity contribution in [2.45, 2.75) is 50.8 Å². The van der Waals surface area contributed by atoms with Gasteiger partial charge in [-0.2, -0.15) is 12.6 Å². The standard InChI is InChI=1S/C10H19NOS/c1-7(9-5-3-4-6-9)11-10(12)8(2)13/h7-9,13H,3-6H2,1-2H3,(H,11,12). The fourth-order valence-electron chi connectivity index (χ4n) is 1.92. The molecule has 3 heteroatoms. The summed E-state index contributed by atoms with van der Waals surface area (Å²) in [5.41, 5.74) is 0. The second-order valence-corrected chi connectivity index (χ2v) is 4.79. The van der Waals surface area contributed by atoms with Gasteiger partial charge in [-0.1, -0.05) is 12.8 Å². The molecule has 0 bridgehead atoms. The molecule has 1 aliphatic carbocycles. The summed E-state index contributed by atoms with van der Waals surface area (Å²) >= 11 is 4.10. The lowest BCUT2D eigenvalue weighted by molar-refractivity contribution is -0.121. The summed E-state index contributed by atoms with van der Waals surface area (Å²) < 4.78 is 0. The van der Waals surface area contributed by atoms with E-state index in [0.29, 0.717) is 12.0 Å². The van der Waals surface area contributed by atoms with Crippen molar-refractivity contribution in [2.24, 2.45) is 5.92 Å². The predicted molar refractivity (Wildman–Crippen MR) is 58.0 cm³/mol. The molecule has 0 radical (unpaired) electrons. The van der Waals surface area contributed by atoms with E-state index in [-0.39, 0.29) is 11.2 Å². The molecule has 1 rings (SSSR count). The van der Waals surface area contributed by atoms with Gasteiger partial charge >= 0.3 is 0 Å². The first-order chi connectivity index (χ1) is 6.11. The lowest BCUT2D eigenvalue weighted by Crippen LogP contribution is -2.40. The van der Waals surface area contributed by atoms with E-state index in [1.807, 2.05) is 0 Å². The van der Waals surface area contributed by atoms with Crippen molar-refractivity contribution in [2.75, 3.05) is 0 Å². The van der Waals surface area contributed by atoms with Gasteiger partial charge in [0.2, 0.25) is 5.91 Å². The Morgan fingerprint density at radius 1 is 1.38 bits per heavy atom. The van der Waals surface area contributed by atoms with E-state index in [0.717, 1.165) is 0 Å². The smallest absolute Gasteiger partial charge is 0.232 e. The van der Waals surface area contributed by atoms with Crippen molar-refractivity contribution in [3.8, 4) is 0 Å². The number of hydrogen-bond donors (Lipinski definition) is 2. The first-order valence-electron chi connectivity index (χ1n) is 5.09. The van der Waals surface area contributed by atoms with Gasteiger partial charge in [0, 0.05) is 6.04 Å². The minimum atomic E-state index is -0.191. The Balaban J connectivity index is 2.31. The Kier molecular flexibility index (Phi) is 4.10. The number of hydrogen-bond acceptors (Lipinski definition) is 2. The molecule has 2 atom stereocenters. The van der Waals surface area contributed by atoms with Crippen LogP contribution in [0, 0.1) is 5.92 Å². The second kappa shape index (κ2) is 4.89. The third kappa shape index (κ3) is 3.22. The summed E-state index contributed by atoms with van der Waals surface area (Å²) in [6.07, 6.45) is 5.17. The maximum absolute atomic E-state index is 11.3. The highest BCUT2D eigenvalue weighted by molar-refractivity contribution is 7.81. The van der Waals surface area contributed by atoms with E-state index in [4.69, 9.17) is 0 Å². The topological polar surface area (TPSA) is 29.1 Å². The molecule has 1 fully saturated rings. The van der Waals surface area contributed by atoms with Crippen LogP contribution in [0.15, 0.2) is 0 Å². The number of rotatable bonds is 3. The van der Waals surface area contributed by atoms with Crippen molar-refractivity contribution in [3.05, 3.63) is 0 Å². The highest BCUT2D eigenvalue weighted by Gasteiger charge is 2.23. The van der Waals surface area contributed by atoms with Gasteiger partial charge in [0.1, 0.15) is 0 Å². The molecule has 76 valence electrons. The van der Waals surface area contributed by atoms with Gasteiger partial charge in [-0.15, -0.1) is 0 Å². The molecule has 1 saturated carbocycles. The lowest BCUT2D eigenvalue weighted by atomic mass is 10.00. The highest BCUT2D eigenvalue weighted by Crippen LogP contribution is 2.27. The highest BCUT2D eigenvalue weighted by atomic mass is 32.1. The first-order valence-corrected chi connectivity index (χ1v) is 5.61. The van der Waals surface area contributed by atoms with Gasteiger partial charge in [-0.3, -0.25) is 4.79 Å². The van der Waals surface area contributed by atoms with Crippen molar-refractivity contribution in [1.82, 2.24) is 5.32 Å². The van der Waals surface area contributed by atoms with Crippen LogP contribution in [-0.2, 0) is 4.79 Å². The summed E-state index contributed by atoms with van der Waals surface area (Å²) in [6, 6.07) is 0.324. The van der Waals surface area contributed by atoms with Gasteiger partial charge in [0.15, 0.2) is 0 Å². The first kappa shape index (κ1) is 10.9. The minimum Gasteiger partial charge on any atom is -0.352 e. The van der Waals surface area contributed by atoms with Gasteiger partial charge < -0.3 is 5.32 Å². The van der Waals surface area contributed by atoms with Crippen LogP contribution < -0.4 is 5.32 Å². The van der Waals surface area contributed by atoms with E-state index >= 15 is 0 Å². The lowest BCUT2D eigenvalue weighted by Gasteiger charge is -2.21. The quantitative estimate of drug-likeness (QED) is 0.672. The fourth-order valence-corrected chi connectivity index (χ4v) is 1.99. The monoisotopic (exact) mass is 201 g/mol. The molecular weight excluding hydrogens is 182 g/mol. The largest absolute Gasteiger partial charge is 0.352 e. The molecule has 1 N–H and O–H groups in total. The molecule has 0 aromatic heterocycles. The molecule has 1 aliphatic rings. The maximum atomic E-state index is 11.3. The second-order valence-electron chi connectivity index (χ2n) is 4.02. The fraction of sp³-hybridized carbons (Fsp3) is 0.900. The summed E-state index contributed by atoms with van der Waals surface area (Å²) in [7, 11) is 0. The van der Waals surface area contributed by atoms with Crippen molar-refractivity contribution >= 4 is 18.5 Å². The van der Waals surface area contributed by atoms with Crippen LogP contribution in [0.2, 0.25) is 0 Å². The summed E-state index contributed by atoms with van der Waals surface area (Å²) in [5.74, 6) is 0.749. The zero-order valence-electron chi connectivity index (χ0n) is 8.42. The maximum Gasteiger partial charge on any atom is 0.232 e. The summed E-state index contributed by atoms with van der Waals surface area (Å²) in [5, 5.41) is 2.82. The van der Waals surface area contributed by atoms with Crippen LogP contribution in [0.4, 0.5) is 0 Å². The third-order valence-corrected chi connectivity index (χ3v) is 3.09. The van der Waals surface area contributed by atoms with E-state index in [9.17, 15) is 4.79 Å². The van der Waals surface area contributed by atoms with Crippen LogP contribution in [0.5, 0.6) is 0 Å². The molecule has 0 saturated heterocycles. The molecule has 0 aliphatic heterocycles. The van der Waals surface area contributed by atoms with Gasteiger partial charge in [-0.05, 0) is 32.6 Å². The molecule has 0 heterocycles. The third-order valence-electron chi connectivity index (χ3n) is 2.86. The van der Waals surface area contributed by atoms with Crippen molar-refractivity contribution in [3.63, 3.8) is 0 Å². The number of thiol groups is 1. The predicted octanol–water partition coefficient (Wildman–Crippen LogP) is 2.00. The zero-order chi connectivity index (χ0) is 9.84. The molecule has 1 amide bonds. The molecular formula is C10H19NOS. The summed E-state index contributed by atoms with van der Waals surface area (Å²) in [4.78, 5) is 11.3. The van der Waals surface area contributed by atoms with Gasteiger partial charge in [0.05, 0.1) is 5.25 Å². The zero-order valence-corrected chi connectivity index (χ0v) is 9.31. The molecule has 13 heavy (non-hydrogen) atoms. The van der Waals surface area contributed by atoms with Gasteiger partial charge in [0.25, 0.3) is 0 Å². The molecule has 2 unspecified atom stereocenters. The Morgan fingerprint density at radius 2 is 1.92 bits per heavy atom. The van der Waals surface area contributed by atoms with E-state index < -0.39 is 0 Å². The average molecular weight is 201 g/mol. The summed E-state index contributed by atoms with van der Waals surface area (Å²) in [6.45, 7) is 3.91. The minimum absolute atomic E-state index is 0.0581. The SMILES string of the molecule is CC(S)C(=O)NC(C)C1CCCC1. The number of carbonyl (C=O) groups excluding carboxylic acids is 1. The molecule has 0 aromatic carbocycles. The van der Waals surface area contributed by atoms with Gasteiger partial charge in [-0.25, -0.2) is 0 Å². The Labute approximate surface area is 85.9 Å². The Hall–Kier alpha value is -0.180. The van der Waals surface area contributed by atoms with Crippen LogP contribution in [-0.4, -0.2) is 17.2 Å². The number of carbonyl (C=O) groups is 1. The van der Waals surface area contributed by atoms with Crippen LogP contribution >= 0.6 is 12.6 Å². The molecule has 0 spiro atoms. The Bertz CT molecular complexity index is 176. The van der Waals surface area contributed by atoms with Crippen molar-refractivity contribution in [1.29, 1.82) is 0 Å². The average Bonchev–Trinajstić information content (AvgIpc) is 2.55. The van der Waals surface area contributed by atoms with Crippen molar-refractivity contribution < 1.29 is 4.79 Å². The van der Waals surface area contributed by atoms with E-state index in [1.165, 1.54) is 25.7 Å². The van der Waals surface area contributed by atoms with Crippen LogP contribution in [0.3, 0.4) is 0 Å². The van der Waals surface area contributed by atoms with Crippen LogP contribution in [0.25, 0.3) is 0 Å². The van der Waals surface area contributed by atoms with E-state index in [2.05, 4.69) is 24.9 Å². The Morgan fingerprint density at radius 3 is 2.38 bits per heavy atom. The van der Waals surface area contributed by atoms with E-state index in [1.54, 1.807) is 6.92 Å². The van der Waals surface area contributed by atoms with Crippen LogP contribution in [0.1, 0.15) is 39.5 Å². The number of amides is 1.